The third-order valence-electron chi connectivity index (χ3n) is 4.91. The van der Waals surface area contributed by atoms with Crippen molar-refractivity contribution in [3.05, 3.63) is 0 Å². The zero-order valence-corrected chi connectivity index (χ0v) is 12.3. The standard InChI is InChI=1S/C15H30N2O/c1-4-16-15-7-9-18-11-14(15)10-17-8-5-6-12(2)13(17)3/h12-16H,4-11H2,1-3H3. The fourth-order valence-electron chi connectivity index (χ4n) is 3.49. The Kier molecular flexibility index (Phi) is 5.46. The van der Waals surface area contributed by atoms with Crippen molar-refractivity contribution in [2.45, 2.75) is 52.1 Å². The van der Waals surface area contributed by atoms with Gasteiger partial charge in [0, 0.05) is 31.2 Å². The number of nitrogens with zero attached hydrogens (tertiary/aromatic N) is 1. The molecule has 0 amide bonds. The fourth-order valence-corrected chi connectivity index (χ4v) is 3.49. The van der Waals surface area contributed by atoms with Crippen molar-refractivity contribution >= 4 is 0 Å². The number of nitrogens with one attached hydrogen (secondary N) is 1. The van der Waals surface area contributed by atoms with Crippen LogP contribution in [0.5, 0.6) is 0 Å². The molecular weight excluding hydrogens is 224 g/mol. The highest BCUT2D eigenvalue weighted by Gasteiger charge is 2.31. The minimum Gasteiger partial charge on any atom is -0.381 e. The van der Waals surface area contributed by atoms with Gasteiger partial charge in [0.05, 0.1) is 6.61 Å². The Bertz CT molecular complexity index is 245. The first-order chi connectivity index (χ1) is 8.72. The topological polar surface area (TPSA) is 24.5 Å². The molecule has 0 bridgehead atoms. The first kappa shape index (κ1) is 14.3. The van der Waals surface area contributed by atoms with Crippen LogP contribution in [0.4, 0.5) is 0 Å². The molecule has 0 saturated carbocycles. The highest BCUT2D eigenvalue weighted by molar-refractivity contribution is 4.86. The molecule has 0 radical (unpaired) electrons. The molecule has 4 unspecified atom stereocenters. The van der Waals surface area contributed by atoms with Crippen LogP contribution in [0.15, 0.2) is 0 Å². The zero-order chi connectivity index (χ0) is 13.0. The van der Waals surface area contributed by atoms with E-state index in [1.807, 2.05) is 0 Å². The first-order valence-electron chi connectivity index (χ1n) is 7.77. The van der Waals surface area contributed by atoms with E-state index in [0.717, 1.165) is 31.7 Å². The zero-order valence-electron chi connectivity index (χ0n) is 12.3. The van der Waals surface area contributed by atoms with Crippen LogP contribution >= 0.6 is 0 Å². The van der Waals surface area contributed by atoms with Gasteiger partial charge in [0.25, 0.3) is 0 Å². The summed E-state index contributed by atoms with van der Waals surface area (Å²) < 4.78 is 5.70. The van der Waals surface area contributed by atoms with Gasteiger partial charge >= 0.3 is 0 Å². The van der Waals surface area contributed by atoms with Crippen molar-refractivity contribution < 1.29 is 4.74 Å². The second-order valence-corrected chi connectivity index (χ2v) is 6.14. The van der Waals surface area contributed by atoms with E-state index in [-0.39, 0.29) is 0 Å². The van der Waals surface area contributed by atoms with E-state index in [4.69, 9.17) is 4.74 Å². The Hall–Kier alpha value is -0.120. The molecule has 2 aliphatic heterocycles. The smallest absolute Gasteiger partial charge is 0.0521 e. The van der Waals surface area contributed by atoms with Gasteiger partial charge in [0.2, 0.25) is 0 Å². The number of hydrogen-bond acceptors (Lipinski definition) is 3. The summed E-state index contributed by atoms with van der Waals surface area (Å²) in [7, 11) is 0. The van der Waals surface area contributed by atoms with Crippen molar-refractivity contribution in [2.24, 2.45) is 11.8 Å². The lowest BCUT2D eigenvalue weighted by atomic mass is 9.89. The van der Waals surface area contributed by atoms with E-state index < -0.39 is 0 Å². The molecule has 0 aromatic carbocycles. The van der Waals surface area contributed by atoms with E-state index in [0.29, 0.717) is 12.0 Å². The van der Waals surface area contributed by atoms with Crippen molar-refractivity contribution in [3.8, 4) is 0 Å². The Labute approximate surface area is 112 Å². The molecule has 2 rings (SSSR count). The van der Waals surface area contributed by atoms with Gasteiger partial charge in [-0.2, -0.15) is 0 Å². The Morgan fingerprint density at radius 2 is 2.11 bits per heavy atom. The van der Waals surface area contributed by atoms with Crippen LogP contribution in [-0.2, 0) is 4.74 Å². The van der Waals surface area contributed by atoms with Gasteiger partial charge in [-0.1, -0.05) is 13.8 Å². The number of hydrogen-bond donors (Lipinski definition) is 1. The maximum atomic E-state index is 5.70. The molecule has 2 aliphatic rings. The van der Waals surface area contributed by atoms with Gasteiger partial charge in [-0.3, -0.25) is 4.90 Å². The Morgan fingerprint density at radius 1 is 1.28 bits per heavy atom. The quantitative estimate of drug-likeness (QED) is 0.832. The first-order valence-corrected chi connectivity index (χ1v) is 7.77. The number of rotatable bonds is 4. The van der Waals surface area contributed by atoms with E-state index in [1.165, 1.54) is 32.4 Å². The van der Waals surface area contributed by atoms with Crippen LogP contribution in [0.1, 0.15) is 40.0 Å². The van der Waals surface area contributed by atoms with E-state index >= 15 is 0 Å². The van der Waals surface area contributed by atoms with Crippen LogP contribution in [0.3, 0.4) is 0 Å². The molecule has 2 heterocycles. The summed E-state index contributed by atoms with van der Waals surface area (Å²) in [5.41, 5.74) is 0. The summed E-state index contributed by atoms with van der Waals surface area (Å²) in [6, 6.07) is 1.40. The summed E-state index contributed by atoms with van der Waals surface area (Å²) in [5, 5.41) is 3.64. The van der Waals surface area contributed by atoms with Crippen LogP contribution in [0.25, 0.3) is 0 Å². The summed E-state index contributed by atoms with van der Waals surface area (Å²) in [6.07, 6.45) is 3.94. The Morgan fingerprint density at radius 3 is 2.89 bits per heavy atom. The lowest BCUT2D eigenvalue weighted by Gasteiger charge is -2.42. The van der Waals surface area contributed by atoms with Crippen molar-refractivity contribution in [1.29, 1.82) is 0 Å². The van der Waals surface area contributed by atoms with Crippen LogP contribution < -0.4 is 5.32 Å². The molecule has 0 aromatic heterocycles. The maximum absolute atomic E-state index is 5.70. The molecule has 0 aromatic rings. The third kappa shape index (κ3) is 3.46. The second kappa shape index (κ2) is 6.88. The minimum atomic E-state index is 0.660. The van der Waals surface area contributed by atoms with Crippen LogP contribution in [-0.4, -0.2) is 49.8 Å². The molecule has 3 nitrogen and oxygen atoms in total. The molecule has 18 heavy (non-hydrogen) atoms. The highest BCUT2D eigenvalue weighted by Crippen LogP contribution is 2.25. The molecule has 0 spiro atoms. The van der Waals surface area contributed by atoms with E-state index in [9.17, 15) is 0 Å². The van der Waals surface area contributed by atoms with Gasteiger partial charge in [-0.15, -0.1) is 0 Å². The molecular formula is C15H30N2O. The fraction of sp³-hybridized carbons (Fsp3) is 1.00. The van der Waals surface area contributed by atoms with E-state index in [2.05, 4.69) is 31.0 Å². The molecule has 0 aliphatic carbocycles. The third-order valence-corrected chi connectivity index (χ3v) is 4.91. The van der Waals surface area contributed by atoms with Crippen molar-refractivity contribution in [3.63, 3.8) is 0 Å². The van der Waals surface area contributed by atoms with Gasteiger partial charge in [0.1, 0.15) is 0 Å². The molecule has 2 fully saturated rings. The van der Waals surface area contributed by atoms with Crippen LogP contribution in [0, 0.1) is 11.8 Å². The molecule has 2 saturated heterocycles. The van der Waals surface area contributed by atoms with Gasteiger partial charge in [-0.25, -0.2) is 0 Å². The summed E-state index contributed by atoms with van der Waals surface area (Å²) in [6.45, 7) is 12.4. The summed E-state index contributed by atoms with van der Waals surface area (Å²) >= 11 is 0. The predicted molar refractivity (Wildman–Crippen MR) is 75.8 cm³/mol. The number of ether oxygens (including phenoxy) is 1. The van der Waals surface area contributed by atoms with Gasteiger partial charge in [0.15, 0.2) is 0 Å². The summed E-state index contributed by atoms with van der Waals surface area (Å²) in [4.78, 5) is 2.69. The molecule has 4 atom stereocenters. The maximum Gasteiger partial charge on any atom is 0.0521 e. The monoisotopic (exact) mass is 254 g/mol. The second-order valence-electron chi connectivity index (χ2n) is 6.14. The molecule has 3 heteroatoms. The Balaban J connectivity index is 1.89. The normalized spacial score (nSPS) is 38.8. The largest absolute Gasteiger partial charge is 0.381 e. The lowest BCUT2D eigenvalue weighted by molar-refractivity contribution is 0.000337. The van der Waals surface area contributed by atoms with E-state index in [1.54, 1.807) is 0 Å². The van der Waals surface area contributed by atoms with Crippen LogP contribution in [0.2, 0.25) is 0 Å². The lowest BCUT2D eigenvalue weighted by Crippen LogP contribution is -2.51. The highest BCUT2D eigenvalue weighted by atomic mass is 16.5. The van der Waals surface area contributed by atoms with Crippen molar-refractivity contribution in [2.75, 3.05) is 32.8 Å². The number of likely N-dealkylation sites (tertiary alicyclic amines) is 1. The average Bonchev–Trinajstić information content (AvgIpc) is 2.37. The predicted octanol–water partition coefficient (Wildman–Crippen LogP) is 2.12. The van der Waals surface area contributed by atoms with Crippen molar-refractivity contribution in [1.82, 2.24) is 10.2 Å². The molecule has 106 valence electrons. The van der Waals surface area contributed by atoms with Gasteiger partial charge in [-0.05, 0) is 45.2 Å². The SMILES string of the molecule is CCNC1CCOCC1CN1CCCC(C)C1C. The number of piperidine rings is 1. The van der Waals surface area contributed by atoms with Gasteiger partial charge < -0.3 is 10.1 Å². The summed E-state index contributed by atoms with van der Waals surface area (Å²) in [5.74, 6) is 1.52. The average molecular weight is 254 g/mol. The molecule has 1 N–H and O–H groups in total. The minimum absolute atomic E-state index is 0.660.